The van der Waals surface area contributed by atoms with Crippen LogP contribution < -0.4 is 0 Å². The number of alkyl halides is 2. The van der Waals surface area contributed by atoms with E-state index in [1.54, 1.807) is 6.26 Å². The predicted molar refractivity (Wildman–Crippen MR) is 44.8 cm³/mol. The van der Waals surface area contributed by atoms with Crippen LogP contribution in [0.15, 0.2) is 16.7 Å². The van der Waals surface area contributed by atoms with Crippen LogP contribution in [0.2, 0.25) is 0 Å². The summed E-state index contributed by atoms with van der Waals surface area (Å²) in [7, 11) is 0. The highest BCUT2D eigenvalue weighted by Crippen LogP contribution is 2.04. The largest absolute Gasteiger partial charge is 0.469 e. The van der Waals surface area contributed by atoms with Crippen molar-refractivity contribution in [2.45, 2.75) is 13.8 Å². The summed E-state index contributed by atoms with van der Waals surface area (Å²) < 4.78 is 4.96. The molecule has 0 aromatic carbocycles. The molecule has 10 heavy (non-hydrogen) atoms. The highest BCUT2D eigenvalue weighted by molar-refractivity contribution is 6.40. The average Bonchev–Trinajstić information content (AvgIpc) is 2.19. The zero-order valence-electron chi connectivity index (χ0n) is 6.03. The van der Waals surface area contributed by atoms with Crippen molar-refractivity contribution < 1.29 is 4.42 Å². The Morgan fingerprint density at radius 2 is 1.90 bits per heavy atom. The Morgan fingerprint density at radius 3 is 2.00 bits per heavy atom. The van der Waals surface area contributed by atoms with E-state index in [9.17, 15) is 0 Å². The Balaban J connectivity index is 0.000000236. The molecule has 1 rings (SSSR count). The van der Waals surface area contributed by atoms with Crippen molar-refractivity contribution in [2.24, 2.45) is 0 Å². The van der Waals surface area contributed by atoms with E-state index in [1.165, 1.54) is 5.56 Å². The molecule has 0 radical (unpaired) electrons. The molecule has 0 saturated carbocycles. The molecule has 0 saturated heterocycles. The Bertz CT molecular complexity index is 155. The number of aryl methyl sites for hydroxylation is 2. The predicted octanol–water partition coefficient (Wildman–Crippen LogP) is 3.32. The zero-order chi connectivity index (χ0) is 7.98. The van der Waals surface area contributed by atoms with Crippen LogP contribution >= 0.6 is 23.2 Å². The van der Waals surface area contributed by atoms with Crippen LogP contribution in [0, 0.1) is 13.8 Å². The SMILES string of the molecule is Cc1ccoc1C.ClCCl. The van der Waals surface area contributed by atoms with Crippen LogP contribution in [0.5, 0.6) is 0 Å². The van der Waals surface area contributed by atoms with Crippen LogP contribution in [-0.4, -0.2) is 5.34 Å². The van der Waals surface area contributed by atoms with Gasteiger partial charge in [0, 0.05) is 0 Å². The van der Waals surface area contributed by atoms with Crippen LogP contribution in [0.25, 0.3) is 0 Å². The lowest BCUT2D eigenvalue weighted by atomic mass is 10.3. The van der Waals surface area contributed by atoms with Gasteiger partial charge in [-0.1, -0.05) is 0 Å². The molecule has 0 aliphatic heterocycles. The van der Waals surface area contributed by atoms with Gasteiger partial charge in [0.05, 0.1) is 11.6 Å². The highest BCUT2D eigenvalue weighted by Gasteiger charge is 1.88. The Labute approximate surface area is 70.9 Å². The maximum Gasteiger partial charge on any atom is 0.103 e. The first-order valence-electron chi connectivity index (χ1n) is 2.85. The maximum atomic E-state index is 4.96. The lowest BCUT2D eigenvalue weighted by Crippen LogP contribution is -1.63. The number of hydrogen-bond acceptors (Lipinski definition) is 1. The molecule has 0 N–H and O–H groups in total. The highest BCUT2D eigenvalue weighted by atomic mass is 35.5. The molecule has 0 aliphatic carbocycles. The van der Waals surface area contributed by atoms with Gasteiger partial charge < -0.3 is 4.42 Å². The van der Waals surface area contributed by atoms with Gasteiger partial charge in [-0.25, -0.2) is 0 Å². The fourth-order valence-electron chi connectivity index (χ4n) is 0.448. The normalized spacial score (nSPS) is 8.40. The molecular formula is C7H10Cl2O. The summed E-state index contributed by atoms with van der Waals surface area (Å²) in [5, 5.41) is 0.194. The topological polar surface area (TPSA) is 13.1 Å². The first-order chi connectivity index (χ1) is 4.72. The van der Waals surface area contributed by atoms with Crippen LogP contribution in [0.4, 0.5) is 0 Å². The lowest BCUT2D eigenvalue weighted by Gasteiger charge is -1.79. The monoisotopic (exact) mass is 180 g/mol. The summed E-state index contributed by atoms with van der Waals surface area (Å²) in [5.41, 5.74) is 1.22. The summed E-state index contributed by atoms with van der Waals surface area (Å²) in [6.07, 6.45) is 1.70. The molecule has 1 aromatic rings. The van der Waals surface area contributed by atoms with Gasteiger partial charge in [-0.05, 0) is 25.5 Å². The Morgan fingerprint density at radius 1 is 1.40 bits per heavy atom. The summed E-state index contributed by atoms with van der Waals surface area (Å²) in [4.78, 5) is 0. The molecule has 0 amide bonds. The number of halogens is 2. The van der Waals surface area contributed by atoms with E-state index < -0.39 is 0 Å². The maximum absolute atomic E-state index is 4.96. The second-order valence-electron chi connectivity index (χ2n) is 1.76. The lowest BCUT2D eigenvalue weighted by molar-refractivity contribution is 0.532. The van der Waals surface area contributed by atoms with E-state index in [1.807, 2.05) is 19.9 Å². The van der Waals surface area contributed by atoms with E-state index in [4.69, 9.17) is 27.6 Å². The first-order valence-corrected chi connectivity index (χ1v) is 3.92. The molecule has 1 nitrogen and oxygen atoms in total. The quantitative estimate of drug-likeness (QED) is 0.559. The fourth-order valence-corrected chi connectivity index (χ4v) is 0.448. The Hall–Kier alpha value is -0.140. The van der Waals surface area contributed by atoms with Gasteiger partial charge >= 0.3 is 0 Å². The second kappa shape index (κ2) is 5.63. The molecule has 0 fully saturated rings. The fraction of sp³-hybridized carbons (Fsp3) is 0.429. The van der Waals surface area contributed by atoms with Crippen molar-refractivity contribution in [3.8, 4) is 0 Å². The third-order valence-corrected chi connectivity index (χ3v) is 1.12. The third kappa shape index (κ3) is 3.80. The third-order valence-electron chi connectivity index (χ3n) is 1.12. The molecule has 0 spiro atoms. The summed E-state index contributed by atoms with van der Waals surface area (Å²) in [6.45, 7) is 3.98. The summed E-state index contributed by atoms with van der Waals surface area (Å²) in [5.74, 6) is 1.01. The van der Waals surface area contributed by atoms with E-state index >= 15 is 0 Å². The molecule has 1 aromatic heterocycles. The van der Waals surface area contributed by atoms with E-state index in [0.29, 0.717) is 0 Å². The minimum atomic E-state index is 0.194. The first kappa shape index (κ1) is 9.86. The van der Waals surface area contributed by atoms with Crippen LogP contribution in [-0.2, 0) is 0 Å². The van der Waals surface area contributed by atoms with Crippen LogP contribution in [0.1, 0.15) is 11.3 Å². The molecule has 1 heterocycles. The van der Waals surface area contributed by atoms with Gasteiger partial charge in [0.2, 0.25) is 0 Å². The second-order valence-corrected chi connectivity index (χ2v) is 2.57. The molecule has 58 valence electrons. The number of furan rings is 1. The van der Waals surface area contributed by atoms with E-state index in [2.05, 4.69) is 0 Å². The van der Waals surface area contributed by atoms with Crippen LogP contribution in [0.3, 0.4) is 0 Å². The van der Waals surface area contributed by atoms with Gasteiger partial charge in [0.25, 0.3) is 0 Å². The van der Waals surface area contributed by atoms with Gasteiger partial charge in [-0.3, -0.25) is 0 Å². The molecular weight excluding hydrogens is 171 g/mol. The molecule has 0 bridgehead atoms. The molecule has 0 atom stereocenters. The minimum absolute atomic E-state index is 0.194. The zero-order valence-corrected chi connectivity index (χ0v) is 7.54. The standard InChI is InChI=1S/C6H8O.CH2Cl2/c1-5-3-4-7-6(5)2;2-1-3/h3-4H,1-2H3;1H2. The van der Waals surface area contributed by atoms with Gasteiger partial charge in [-0.2, -0.15) is 0 Å². The van der Waals surface area contributed by atoms with Crippen molar-refractivity contribution in [1.82, 2.24) is 0 Å². The smallest absolute Gasteiger partial charge is 0.103 e. The van der Waals surface area contributed by atoms with Crippen molar-refractivity contribution in [2.75, 3.05) is 5.34 Å². The van der Waals surface area contributed by atoms with E-state index in [-0.39, 0.29) is 5.34 Å². The molecule has 0 unspecified atom stereocenters. The molecule has 3 heteroatoms. The van der Waals surface area contributed by atoms with E-state index in [0.717, 1.165) is 5.76 Å². The van der Waals surface area contributed by atoms with Crippen molar-refractivity contribution in [3.63, 3.8) is 0 Å². The van der Waals surface area contributed by atoms with Gasteiger partial charge in [0.15, 0.2) is 0 Å². The summed E-state index contributed by atoms with van der Waals surface area (Å²) >= 11 is 9.53. The molecule has 0 aliphatic rings. The average molecular weight is 181 g/mol. The van der Waals surface area contributed by atoms with Gasteiger partial charge in [0.1, 0.15) is 5.76 Å². The number of rotatable bonds is 0. The van der Waals surface area contributed by atoms with Gasteiger partial charge in [-0.15, -0.1) is 23.2 Å². The van der Waals surface area contributed by atoms with Crippen molar-refractivity contribution in [1.29, 1.82) is 0 Å². The number of hydrogen-bond donors (Lipinski definition) is 0. The summed E-state index contributed by atoms with van der Waals surface area (Å²) in [6, 6.07) is 1.95. The van der Waals surface area contributed by atoms with Crippen molar-refractivity contribution >= 4 is 23.2 Å². The van der Waals surface area contributed by atoms with Crippen molar-refractivity contribution in [3.05, 3.63) is 23.7 Å². The Kier molecular flexibility index (Phi) is 5.55. The minimum Gasteiger partial charge on any atom is -0.469 e.